The van der Waals surface area contributed by atoms with Gasteiger partial charge >= 0.3 is 0 Å². The summed E-state index contributed by atoms with van der Waals surface area (Å²) in [5.74, 6) is 1.29. The van der Waals surface area contributed by atoms with Crippen LogP contribution in [-0.4, -0.2) is 29.7 Å². The highest BCUT2D eigenvalue weighted by molar-refractivity contribution is 6.06. The van der Waals surface area contributed by atoms with E-state index >= 15 is 0 Å². The molecule has 31 heavy (non-hydrogen) atoms. The lowest BCUT2D eigenvalue weighted by molar-refractivity contribution is 0.102. The summed E-state index contributed by atoms with van der Waals surface area (Å²) in [6.07, 6.45) is 0. The predicted molar refractivity (Wildman–Crippen MR) is 120 cm³/mol. The van der Waals surface area contributed by atoms with E-state index in [-0.39, 0.29) is 11.5 Å². The van der Waals surface area contributed by atoms with Gasteiger partial charge in [-0.05, 0) is 55.5 Å². The summed E-state index contributed by atoms with van der Waals surface area (Å²) >= 11 is 0. The lowest BCUT2D eigenvalue weighted by atomic mass is 10.1. The Hall–Kier alpha value is -4.13. The zero-order chi connectivity index (χ0) is 22.0. The number of methoxy groups -OCH3 is 2. The van der Waals surface area contributed by atoms with Crippen LogP contribution in [0.5, 0.6) is 11.5 Å². The van der Waals surface area contributed by atoms with Gasteiger partial charge in [0.1, 0.15) is 17.3 Å². The van der Waals surface area contributed by atoms with Crippen LogP contribution in [0.3, 0.4) is 0 Å². The molecule has 0 bridgehead atoms. The van der Waals surface area contributed by atoms with Crippen molar-refractivity contribution in [3.63, 3.8) is 0 Å². The monoisotopic (exact) mass is 415 g/mol. The topological polar surface area (TPSA) is 82.5 Å². The van der Waals surface area contributed by atoms with Gasteiger partial charge in [-0.2, -0.15) is 0 Å². The van der Waals surface area contributed by atoms with Gasteiger partial charge in [-0.1, -0.05) is 12.1 Å². The Morgan fingerprint density at radius 3 is 2.42 bits per heavy atom. The fourth-order valence-corrected chi connectivity index (χ4v) is 3.43. The number of aryl methyl sites for hydroxylation is 1. The van der Waals surface area contributed by atoms with E-state index in [9.17, 15) is 9.59 Å². The Bertz CT molecular complexity index is 1330. The third kappa shape index (κ3) is 3.85. The quantitative estimate of drug-likeness (QED) is 0.533. The number of benzene rings is 3. The summed E-state index contributed by atoms with van der Waals surface area (Å²) in [7, 11) is 3.05. The Balaban J connectivity index is 1.62. The normalized spacial score (nSPS) is 10.7. The number of ether oxygens (including phenoxy) is 2. The second kappa shape index (κ2) is 8.31. The van der Waals surface area contributed by atoms with Crippen LogP contribution in [0, 0.1) is 6.92 Å². The van der Waals surface area contributed by atoms with Crippen LogP contribution >= 0.6 is 0 Å². The standard InChI is InChI=1S/C24H21N3O4/c1-15-25-21-7-5-4-6-19(21)24(29)27(15)17-10-8-16(9-11-17)26-23(28)20-13-12-18(30-2)14-22(20)31-3/h4-14H,1-3H3,(H,26,28). The fraction of sp³-hybridized carbons (Fsp3) is 0.125. The minimum Gasteiger partial charge on any atom is -0.497 e. The predicted octanol–water partition coefficient (Wildman–Crippen LogP) is 3.96. The average molecular weight is 415 g/mol. The lowest BCUT2D eigenvalue weighted by Gasteiger charge is -2.13. The zero-order valence-corrected chi connectivity index (χ0v) is 17.4. The molecule has 7 heteroatoms. The molecule has 0 aliphatic heterocycles. The van der Waals surface area contributed by atoms with E-state index in [1.807, 2.05) is 18.2 Å². The minimum absolute atomic E-state index is 0.136. The van der Waals surface area contributed by atoms with Gasteiger partial charge in [-0.3, -0.25) is 14.2 Å². The van der Waals surface area contributed by atoms with Crippen molar-refractivity contribution in [1.82, 2.24) is 9.55 Å². The first kappa shape index (κ1) is 20.2. The molecule has 0 saturated carbocycles. The number of carbonyl (C=O) groups is 1. The summed E-state index contributed by atoms with van der Waals surface area (Å²) in [5, 5.41) is 3.40. The first-order chi connectivity index (χ1) is 15.0. The van der Waals surface area contributed by atoms with Crippen LogP contribution in [0.1, 0.15) is 16.2 Å². The van der Waals surface area contributed by atoms with E-state index in [4.69, 9.17) is 9.47 Å². The molecular formula is C24H21N3O4. The highest BCUT2D eigenvalue weighted by Gasteiger charge is 2.14. The Morgan fingerprint density at radius 2 is 1.71 bits per heavy atom. The number of hydrogen-bond acceptors (Lipinski definition) is 5. The van der Waals surface area contributed by atoms with E-state index in [2.05, 4.69) is 10.3 Å². The van der Waals surface area contributed by atoms with Crippen molar-refractivity contribution in [1.29, 1.82) is 0 Å². The number of rotatable bonds is 5. The van der Waals surface area contributed by atoms with Crippen LogP contribution in [0.4, 0.5) is 5.69 Å². The molecule has 3 aromatic carbocycles. The molecule has 0 unspecified atom stereocenters. The summed E-state index contributed by atoms with van der Waals surface area (Å²) in [4.78, 5) is 30.2. The molecule has 1 aromatic heterocycles. The Labute approximate surface area is 178 Å². The summed E-state index contributed by atoms with van der Waals surface area (Å²) in [5.41, 5.74) is 2.17. The first-order valence-corrected chi connectivity index (χ1v) is 9.64. The summed E-state index contributed by atoms with van der Waals surface area (Å²) in [6, 6.07) is 19.3. The maximum Gasteiger partial charge on any atom is 0.265 e. The van der Waals surface area contributed by atoms with E-state index in [1.165, 1.54) is 7.11 Å². The molecule has 0 radical (unpaired) electrons. The third-order valence-corrected chi connectivity index (χ3v) is 4.98. The van der Waals surface area contributed by atoms with Gasteiger partial charge in [0.15, 0.2) is 0 Å². The molecule has 4 aromatic rings. The van der Waals surface area contributed by atoms with E-state index in [0.29, 0.717) is 45.2 Å². The number of aromatic nitrogens is 2. The van der Waals surface area contributed by atoms with Crippen LogP contribution in [0.25, 0.3) is 16.6 Å². The lowest BCUT2D eigenvalue weighted by Crippen LogP contribution is -2.22. The molecule has 0 aliphatic carbocycles. The van der Waals surface area contributed by atoms with Crippen LogP contribution in [0.15, 0.2) is 71.5 Å². The van der Waals surface area contributed by atoms with Gasteiger partial charge in [0.2, 0.25) is 0 Å². The van der Waals surface area contributed by atoms with Gasteiger partial charge in [0, 0.05) is 11.8 Å². The van der Waals surface area contributed by atoms with Crippen molar-refractivity contribution >= 4 is 22.5 Å². The molecule has 1 N–H and O–H groups in total. The summed E-state index contributed by atoms with van der Waals surface area (Å²) < 4.78 is 12.0. The molecular weight excluding hydrogens is 394 g/mol. The average Bonchev–Trinajstić information content (AvgIpc) is 2.79. The Kier molecular flexibility index (Phi) is 5.41. The van der Waals surface area contributed by atoms with Crippen LogP contribution < -0.4 is 20.3 Å². The van der Waals surface area contributed by atoms with Crippen molar-refractivity contribution in [2.75, 3.05) is 19.5 Å². The van der Waals surface area contributed by atoms with Crippen molar-refractivity contribution in [2.45, 2.75) is 6.92 Å². The number of nitrogens with zero attached hydrogens (tertiary/aromatic N) is 2. The van der Waals surface area contributed by atoms with Gasteiger partial charge in [0.25, 0.3) is 11.5 Å². The third-order valence-electron chi connectivity index (χ3n) is 4.98. The minimum atomic E-state index is -0.312. The van der Waals surface area contributed by atoms with Crippen molar-refractivity contribution < 1.29 is 14.3 Å². The van der Waals surface area contributed by atoms with Gasteiger partial charge in [0.05, 0.1) is 36.4 Å². The zero-order valence-electron chi connectivity index (χ0n) is 17.4. The number of fused-ring (bicyclic) bond motifs is 1. The van der Waals surface area contributed by atoms with Crippen molar-refractivity contribution in [2.24, 2.45) is 0 Å². The largest absolute Gasteiger partial charge is 0.497 e. The van der Waals surface area contributed by atoms with Crippen LogP contribution in [0.2, 0.25) is 0 Å². The number of amides is 1. The number of nitrogens with one attached hydrogen (secondary N) is 1. The number of anilines is 1. The van der Waals surface area contributed by atoms with Crippen molar-refractivity contribution in [3.8, 4) is 17.2 Å². The SMILES string of the molecule is COc1ccc(C(=O)Nc2ccc(-n3c(C)nc4ccccc4c3=O)cc2)c(OC)c1. The molecule has 4 rings (SSSR count). The first-order valence-electron chi connectivity index (χ1n) is 9.64. The van der Waals surface area contributed by atoms with E-state index in [0.717, 1.165) is 0 Å². The van der Waals surface area contributed by atoms with Crippen molar-refractivity contribution in [3.05, 3.63) is 88.5 Å². The molecule has 0 aliphatic rings. The molecule has 0 spiro atoms. The van der Waals surface area contributed by atoms with E-state index in [1.54, 1.807) is 67.1 Å². The molecule has 0 saturated heterocycles. The second-order valence-electron chi connectivity index (χ2n) is 6.88. The van der Waals surface area contributed by atoms with Gasteiger partial charge < -0.3 is 14.8 Å². The second-order valence-corrected chi connectivity index (χ2v) is 6.88. The summed E-state index contributed by atoms with van der Waals surface area (Å²) in [6.45, 7) is 1.79. The van der Waals surface area contributed by atoms with Gasteiger partial charge in [-0.15, -0.1) is 0 Å². The fourth-order valence-electron chi connectivity index (χ4n) is 3.43. The number of hydrogen-bond donors (Lipinski definition) is 1. The molecule has 0 atom stereocenters. The number of para-hydroxylation sites is 1. The molecule has 0 fully saturated rings. The molecule has 1 heterocycles. The molecule has 7 nitrogen and oxygen atoms in total. The molecule has 1 amide bonds. The highest BCUT2D eigenvalue weighted by Crippen LogP contribution is 2.25. The van der Waals surface area contributed by atoms with Gasteiger partial charge in [-0.25, -0.2) is 4.98 Å². The molecule has 156 valence electrons. The maximum atomic E-state index is 12.9. The number of carbonyl (C=O) groups excluding carboxylic acids is 1. The smallest absolute Gasteiger partial charge is 0.265 e. The van der Waals surface area contributed by atoms with E-state index < -0.39 is 0 Å². The highest BCUT2D eigenvalue weighted by atomic mass is 16.5. The Morgan fingerprint density at radius 1 is 0.968 bits per heavy atom. The maximum absolute atomic E-state index is 12.9. The van der Waals surface area contributed by atoms with Crippen LogP contribution in [-0.2, 0) is 0 Å².